The van der Waals surface area contributed by atoms with Crippen molar-refractivity contribution in [1.82, 2.24) is 4.90 Å². The Kier molecular flexibility index (Phi) is 9.22. The molecule has 190 valence electrons. The highest BCUT2D eigenvalue weighted by molar-refractivity contribution is 8.00. The van der Waals surface area contributed by atoms with Gasteiger partial charge in [-0.2, -0.15) is 0 Å². The smallest absolute Gasteiger partial charge is 0.343 e. The molecule has 0 saturated carbocycles. The lowest BCUT2D eigenvalue weighted by Crippen LogP contribution is -2.48. The van der Waals surface area contributed by atoms with Crippen molar-refractivity contribution in [2.75, 3.05) is 52.9 Å². The standard InChI is InChI=1S/C25H32N2O7S/c1-16(28)34-23-24(17-6-8-18(31-4)9-7-17)35-21-14-19(33-15-22(29)32-5)10-11-20(21)27(25(23)30)13-12-26(2)3/h6,8-11,14,17,23-24H,7,12-13,15H2,1-5H3/t17?,23-,24+/m1/s1. The SMILES string of the molecule is COC(=O)COc1ccc2c(c1)S[C@@H](C1C=CC(OC)=CC1)[C@@H](OC(C)=O)C(=O)N2CCN(C)C. The van der Waals surface area contributed by atoms with E-state index in [1.807, 2.05) is 43.3 Å². The minimum absolute atomic E-state index is 0.0755. The highest BCUT2D eigenvalue weighted by atomic mass is 32.2. The predicted octanol–water partition coefficient (Wildman–Crippen LogP) is 2.65. The van der Waals surface area contributed by atoms with E-state index in [1.165, 1.54) is 25.8 Å². The van der Waals surface area contributed by atoms with E-state index in [4.69, 9.17) is 14.2 Å². The van der Waals surface area contributed by atoms with Crippen molar-refractivity contribution >= 4 is 35.3 Å². The highest BCUT2D eigenvalue weighted by Gasteiger charge is 2.43. The Morgan fingerprint density at radius 1 is 1.23 bits per heavy atom. The number of likely N-dealkylation sites (N-methyl/N-ethyl adjacent to an activating group) is 1. The van der Waals surface area contributed by atoms with Gasteiger partial charge < -0.3 is 28.7 Å². The molecule has 1 aliphatic heterocycles. The number of carbonyl (C=O) groups is 3. The number of amides is 1. The van der Waals surface area contributed by atoms with Crippen LogP contribution in [-0.2, 0) is 28.6 Å². The van der Waals surface area contributed by atoms with Crippen molar-refractivity contribution in [2.24, 2.45) is 5.92 Å². The monoisotopic (exact) mass is 504 g/mol. The number of methoxy groups -OCH3 is 2. The number of hydrogen-bond acceptors (Lipinski definition) is 9. The van der Waals surface area contributed by atoms with Crippen molar-refractivity contribution in [3.05, 3.63) is 42.2 Å². The number of allylic oxidation sites excluding steroid dienone is 3. The van der Waals surface area contributed by atoms with E-state index in [9.17, 15) is 14.4 Å². The highest BCUT2D eigenvalue weighted by Crippen LogP contribution is 2.45. The molecule has 9 nitrogen and oxygen atoms in total. The van der Waals surface area contributed by atoms with Crippen molar-refractivity contribution in [3.8, 4) is 5.75 Å². The van der Waals surface area contributed by atoms with Gasteiger partial charge in [0, 0.05) is 24.9 Å². The van der Waals surface area contributed by atoms with Gasteiger partial charge in [0.1, 0.15) is 11.5 Å². The van der Waals surface area contributed by atoms with Gasteiger partial charge in [-0.25, -0.2) is 4.79 Å². The van der Waals surface area contributed by atoms with Gasteiger partial charge in [-0.05, 0) is 56.8 Å². The molecule has 1 unspecified atom stereocenters. The van der Waals surface area contributed by atoms with Gasteiger partial charge >= 0.3 is 11.9 Å². The van der Waals surface area contributed by atoms with E-state index in [0.29, 0.717) is 30.9 Å². The summed E-state index contributed by atoms with van der Waals surface area (Å²) >= 11 is 1.47. The van der Waals surface area contributed by atoms with Crippen molar-refractivity contribution in [3.63, 3.8) is 0 Å². The van der Waals surface area contributed by atoms with E-state index in [-0.39, 0.29) is 23.7 Å². The molecule has 3 atom stereocenters. The molecule has 0 N–H and O–H groups in total. The lowest BCUT2D eigenvalue weighted by Gasteiger charge is -2.31. The summed E-state index contributed by atoms with van der Waals surface area (Å²) in [7, 11) is 6.77. The molecule has 1 heterocycles. The maximum Gasteiger partial charge on any atom is 0.343 e. The lowest BCUT2D eigenvalue weighted by atomic mass is 9.92. The third kappa shape index (κ3) is 6.79. The van der Waals surface area contributed by atoms with Crippen LogP contribution in [0, 0.1) is 5.92 Å². The fourth-order valence-electron chi connectivity index (χ4n) is 3.88. The molecule has 0 spiro atoms. The van der Waals surface area contributed by atoms with Crippen molar-refractivity contribution in [2.45, 2.75) is 29.6 Å². The minimum atomic E-state index is -0.973. The Labute approximate surface area is 210 Å². The fraction of sp³-hybridized carbons (Fsp3) is 0.480. The predicted molar refractivity (Wildman–Crippen MR) is 132 cm³/mol. The zero-order valence-corrected chi connectivity index (χ0v) is 21.5. The van der Waals surface area contributed by atoms with Crippen LogP contribution in [0.2, 0.25) is 0 Å². The van der Waals surface area contributed by atoms with E-state index >= 15 is 0 Å². The zero-order chi connectivity index (χ0) is 25.5. The maximum absolute atomic E-state index is 13.8. The molecule has 1 aromatic carbocycles. The van der Waals surface area contributed by atoms with E-state index in [0.717, 1.165) is 10.7 Å². The number of hydrogen-bond donors (Lipinski definition) is 0. The lowest BCUT2D eigenvalue weighted by molar-refractivity contribution is -0.153. The van der Waals surface area contributed by atoms with Crippen LogP contribution < -0.4 is 9.64 Å². The zero-order valence-electron chi connectivity index (χ0n) is 20.7. The molecule has 0 saturated heterocycles. The molecular formula is C25H32N2O7S. The summed E-state index contributed by atoms with van der Waals surface area (Å²) in [6, 6.07) is 5.33. The second-order valence-corrected chi connectivity index (χ2v) is 9.69. The van der Waals surface area contributed by atoms with Crippen LogP contribution in [0.25, 0.3) is 0 Å². The summed E-state index contributed by atoms with van der Waals surface area (Å²) in [6.45, 7) is 2.13. The molecule has 0 bridgehead atoms. The second kappa shape index (κ2) is 12.1. The number of rotatable bonds is 9. The first-order valence-corrected chi connectivity index (χ1v) is 12.2. The second-order valence-electron chi connectivity index (χ2n) is 8.47. The average molecular weight is 505 g/mol. The number of fused-ring (bicyclic) bond motifs is 1. The van der Waals surface area contributed by atoms with Crippen LogP contribution in [0.4, 0.5) is 5.69 Å². The number of anilines is 1. The molecule has 10 heteroatoms. The number of benzene rings is 1. The van der Waals surface area contributed by atoms with Crippen LogP contribution in [0.1, 0.15) is 13.3 Å². The van der Waals surface area contributed by atoms with Crippen molar-refractivity contribution < 1.29 is 33.3 Å². The summed E-state index contributed by atoms with van der Waals surface area (Å²) in [4.78, 5) is 41.9. The van der Waals surface area contributed by atoms with Crippen LogP contribution in [-0.4, -0.2) is 82.1 Å². The summed E-state index contributed by atoms with van der Waals surface area (Å²) in [6.07, 6.45) is 5.49. The van der Waals surface area contributed by atoms with Gasteiger partial charge in [-0.15, -0.1) is 11.8 Å². The molecule has 1 aromatic rings. The molecule has 2 aliphatic rings. The van der Waals surface area contributed by atoms with E-state index in [2.05, 4.69) is 4.74 Å². The number of carbonyl (C=O) groups excluding carboxylic acids is 3. The van der Waals surface area contributed by atoms with E-state index < -0.39 is 18.0 Å². The van der Waals surface area contributed by atoms with Gasteiger partial charge in [0.2, 0.25) is 0 Å². The summed E-state index contributed by atoms with van der Waals surface area (Å²) in [5, 5.41) is -0.378. The fourth-order valence-corrected chi connectivity index (χ4v) is 5.32. The van der Waals surface area contributed by atoms with Gasteiger partial charge in [0.25, 0.3) is 5.91 Å². The Morgan fingerprint density at radius 3 is 2.60 bits per heavy atom. The molecule has 3 rings (SSSR count). The van der Waals surface area contributed by atoms with Gasteiger partial charge in [-0.3, -0.25) is 9.59 Å². The van der Waals surface area contributed by atoms with Gasteiger partial charge in [0.05, 0.1) is 25.2 Å². The number of ether oxygens (including phenoxy) is 4. The van der Waals surface area contributed by atoms with Gasteiger partial charge in [-0.1, -0.05) is 6.08 Å². The third-order valence-electron chi connectivity index (χ3n) is 5.70. The van der Waals surface area contributed by atoms with Crippen LogP contribution in [0.3, 0.4) is 0 Å². The summed E-state index contributed by atoms with van der Waals surface area (Å²) in [5.74, 6) is -0.113. The van der Waals surface area contributed by atoms with E-state index in [1.54, 1.807) is 24.1 Å². The normalized spacial score (nSPS) is 21.7. The summed E-state index contributed by atoms with van der Waals surface area (Å²) < 4.78 is 21.2. The van der Waals surface area contributed by atoms with Crippen LogP contribution >= 0.6 is 11.8 Å². The largest absolute Gasteiger partial charge is 0.497 e. The van der Waals surface area contributed by atoms with Crippen LogP contribution in [0.5, 0.6) is 5.75 Å². The maximum atomic E-state index is 13.8. The molecular weight excluding hydrogens is 472 g/mol. The molecule has 0 fully saturated rings. The van der Waals surface area contributed by atoms with Crippen molar-refractivity contribution in [1.29, 1.82) is 0 Å². The molecule has 1 aliphatic carbocycles. The Bertz CT molecular complexity index is 1010. The molecule has 0 aromatic heterocycles. The third-order valence-corrected chi connectivity index (χ3v) is 7.15. The topological polar surface area (TPSA) is 94.6 Å². The first kappa shape index (κ1) is 26.6. The Balaban J connectivity index is 2.02. The quantitative estimate of drug-likeness (QED) is 0.471. The average Bonchev–Trinajstić information content (AvgIpc) is 2.95. The minimum Gasteiger partial charge on any atom is -0.497 e. The van der Waals surface area contributed by atoms with Crippen LogP contribution in [0.15, 0.2) is 47.1 Å². The first-order chi connectivity index (χ1) is 16.7. The van der Waals surface area contributed by atoms with Gasteiger partial charge in [0.15, 0.2) is 12.7 Å². The Hall–Kier alpha value is -2.98. The number of thioether (sulfide) groups is 1. The molecule has 35 heavy (non-hydrogen) atoms. The summed E-state index contributed by atoms with van der Waals surface area (Å²) in [5.41, 5.74) is 0.708. The molecule has 0 radical (unpaired) electrons. The number of nitrogens with zero attached hydrogens (tertiary/aromatic N) is 2. The molecule has 1 amide bonds. The number of esters is 2. The Morgan fingerprint density at radius 2 is 2.00 bits per heavy atom. The first-order valence-electron chi connectivity index (χ1n) is 11.3.